The van der Waals surface area contributed by atoms with Gasteiger partial charge in [-0.05, 0) is 67.8 Å². The molecule has 0 aliphatic heterocycles. The Morgan fingerprint density at radius 3 is 2.38 bits per heavy atom. The van der Waals surface area contributed by atoms with Crippen LogP contribution in [-0.2, 0) is 14.3 Å². The van der Waals surface area contributed by atoms with Crippen molar-refractivity contribution in [3.8, 4) is 12.5 Å². The van der Waals surface area contributed by atoms with Crippen LogP contribution in [0.25, 0.3) is 16.8 Å². The fourth-order valence-electron chi connectivity index (χ4n) is 3.77. The molecule has 2 atom stereocenters. The monoisotopic (exact) mass is 497 g/mol. The van der Waals surface area contributed by atoms with Crippen molar-refractivity contribution in [1.29, 1.82) is 0 Å². The number of benzene rings is 3. The van der Waals surface area contributed by atoms with E-state index in [4.69, 9.17) is 11.2 Å². The molecule has 0 heterocycles. The first-order valence-electron chi connectivity index (χ1n) is 11.8. The Labute approximate surface area is 217 Å². The van der Waals surface area contributed by atoms with E-state index in [1.807, 2.05) is 42.5 Å². The van der Waals surface area contributed by atoms with Crippen molar-refractivity contribution in [1.82, 2.24) is 10.2 Å². The molecule has 2 unspecified atom stereocenters. The molecule has 0 bridgehead atoms. The first kappa shape index (κ1) is 27.0. The minimum atomic E-state index is -1.17. The lowest BCUT2D eigenvalue weighted by molar-refractivity contribution is -0.136. The molecule has 190 valence electrons. The predicted molar refractivity (Wildman–Crippen MR) is 146 cm³/mol. The molecule has 0 saturated carbocycles. The Morgan fingerprint density at radius 1 is 1.03 bits per heavy atom. The molecule has 7 heteroatoms. The smallest absolute Gasteiger partial charge is 0.408 e. The highest BCUT2D eigenvalue weighted by molar-refractivity contribution is 6.01. The minimum absolute atomic E-state index is 0.492. The summed E-state index contributed by atoms with van der Waals surface area (Å²) in [6.45, 7) is 10.4. The van der Waals surface area contributed by atoms with E-state index in [0.29, 0.717) is 11.3 Å². The normalized spacial score (nSPS) is 12.5. The number of terminal acetylenes is 1. The fourth-order valence-corrected chi connectivity index (χ4v) is 3.77. The number of nitrogens with one attached hydrogen (secondary N) is 2. The second-order valence-corrected chi connectivity index (χ2v) is 9.53. The van der Waals surface area contributed by atoms with Gasteiger partial charge in [-0.25, -0.2) is 4.79 Å². The van der Waals surface area contributed by atoms with Crippen LogP contribution in [0.3, 0.4) is 0 Å². The Kier molecular flexibility index (Phi) is 8.36. The quantitative estimate of drug-likeness (QED) is 0.334. The van der Waals surface area contributed by atoms with Gasteiger partial charge >= 0.3 is 6.09 Å². The van der Waals surface area contributed by atoms with Crippen molar-refractivity contribution >= 4 is 40.4 Å². The second-order valence-electron chi connectivity index (χ2n) is 9.53. The largest absolute Gasteiger partial charge is 0.444 e. The van der Waals surface area contributed by atoms with Gasteiger partial charge in [0, 0.05) is 11.7 Å². The van der Waals surface area contributed by atoms with Crippen LogP contribution in [0.2, 0.25) is 0 Å². The van der Waals surface area contributed by atoms with Crippen molar-refractivity contribution in [2.45, 2.75) is 45.4 Å². The lowest BCUT2D eigenvalue weighted by Gasteiger charge is -2.29. The maximum Gasteiger partial charge on any atom is 0.408 e. The van der Waals surface area contributed by atoms with E-state index in [2.05, 4.69) is 23.3 Å². The summed E-state index contributed by atoms with van der Waals surface area (Å²) in [7, 11) is 0. The summed E-state index contributed by atoms with van der Waals surface area (Å²) in [6, 6.07) is 20.4. The van der Waals surface area contributed by atoms with Crippen LogP contribution in [0, 0.1) is 12.5 Å². The zero-order chi connectivity index (χ0) is 27.2. The summed E-state index contributed by atoms with van der Waals surface area (Å²) < 4.78 is 5.25. The van der Waals surface area contributed by atoms with E-state index in [1.165, 1.54) is 6.92 Å². The van der Waals surface area contributed by atoms with Crippen LogP contribution in [0.4, 0.5) is 10.5 Å². The average Bonchev–Trinajstić information content (AvgIpc) is 2.85. The number of carbonyl (C=O) groups excluding carboxylic acids is 3. The van der Waals surface area contributed by atoms with Crippen LogP contribution in [0.15, 0.2) is 73.3 Å². The van der Waals surface area contributed by atoms with Gasteiger partial charge < -0.3 is 15.4 Å². The van der Waals surface area contributed by atoms with Gasteiger partial charge in [-0.1, -0.05) is 67.6 Å². The summed E-state index contributed by atoms with van der Waals surface area (Å²) in [4.78, 5) is 40.3. The lowest BCUT2D eigenvalue weighted by atomic mass is 10.0. The average molecular weight is 498 g/mol. The third-order valence-electron chi connectivity index (χ3n) is 5.47. The molecule has 3 aromatic rings. The minimum Gasteiger partial charge on any atom is -0.444 e. The molecule has 3 aromatic carbocycles. The van der Waals surface area contributed by atoms with Crippen LogP contribution < -0.4 is 10.6 Å². The third kappa shape index (κ3) is 6.98. The number of hydrogen-bond donors (Lipinski definition) is 2. The highest BCUT2D eigenvalue weighted by atomic mass is 16.6. The predicted octanol–water partition coefficient (Wildman–Crippen LogP) is 5.50. The lowest BCUT2D eigenvalue weighted by Crippen LogP contribution is -2.49. The molecule has 0 radical (unpaired) electrons. The van der Waals surface area contributed by atoms with Gasteiger partial charge in [0.15, 0.2) is 0 Å². The first-order valence-corrected chi connectivity index (χ1v) is 11.8. The number of fused-ring (bicyclic) bond motifs is 1. The fraction of sp³-hybridized carbons (Fsp3) is 0.233. The van der Waals surface area contributed by atoms with Gasteiger partial charge in [0.25, 0.3) is 11.8 Å². The standard InChI is InChI=1S/C30H31N3O4/c1-7-21-12-11-15-24(18-21)26(27(34)32-25-17-16-22-13-9-10-14-23(22)19-25)33(8-2)28(35)20(3)31-29(36)37-30(4,5)6/h2,7,9-20,26H,1H2,3-6H3,(H,31,36)(H,32,34). The van der Waals surface area contributed by atoms with E-state index < -0.39 is 35.6 Å². The topological polar surface area (TPSA) is 87.7 Å². The third-order valence-corrected chi connectivity index (χ3v) is 5.47. The Balaban J connectivity index is 1.93. The SMILES string of the molecule is C#CN(C(=O)C(C)NC(=O)OC(C)(C)C)C(C(=O)Nc1ccc2ccccc2c1)c1cccc(C=C)c1. The van der Waals surface area contributed by atoms with E-state index >= 15 is 0 Å². The molecule has 2 N–H and O–H groups in total. The molecule has 37 heavy (non-hydrogen) atoms. The summed E-state index contributed by atoms with van der Waals surface area (Å²) in [5.41, 5.74) is 1.06. The van der Waals surface area contributed by atoms with Gasteiger partial charge in [0.1, 0.15) is 17.7 Å². The molecule has 0 aromatic heterocycles. The summed E-state index contributed by atoms with van der Waals surface area (Å²) in [5.74, 6) is -1.15. The van der Waals surface area contributed by atoms with Crippen molar-refractivity contribution in [2.75, 3.05) is 5.32 Å². The highest BCUT2D eigenvalue weighted by Gasteiger charge is 2.34. The molecule has 3 rings (SSSR count). The van der Waals surface area contributed by atoms with Gasteiger partial charge in [-0.3, -0.25) is 14.5 Å². The molecular formula is C30H31N3O4. The number of ether oxygens (including phenoxy) is 1. The van der Waals surface area contributed by atoms with Crippen LogP contribution >= 0.6 is 0 Å². The van der Waals surface area contributed by atoms with Crippen molar-refractivity contribution in [3.05, 3.63) is 84.4 Å². The Hall–Kier alpha value is -4.57. The van der Waals surface area contributed by atoms with E-state index in [0.717, 1.165) is 21.2 Å². The molecule has 0 spiro atoms. The van der Waals surface area contributed by atoms with Gasteiger partial charge in [-0.15, -0.1) is 0 Å². The van der Waals surface area contributed by atoms with Crippen molar-refractivity contribution < 1.29 is 19.1 Å². The summed E-state index contributed by atoms with van der Waals surface area (Å²) in [6.07, 6.45) is 6.64. The molecule has 0 aliphatic carbocycles. The van der Waals surface area contributed by atoms with Crippen molar-refractivity contribution in [3.63, 3.8) is 0 Å². The Bertz CT molecular complexity index is 1370. The molecule has 0 saturated heterocycles. The van der Waals surface area contributed by atoms with Gasteiger partial charge in [-0.2, -0.15) is 0 Å². The number of carbonyl (C=O) groups is 3. The number of nitrogens with zero attached hydrogens (tertiary/aromatic N) is 1. The zero-order valence-corrected chi connectivity index (χ0v) is 21.4. The summed E-state index contributed by atoms with van der Waals surface area (Å²) >= 11 is 0. The number of amides is 3. The first-order chi connectivity index (χ1) is 17.5. The Morgan fingerprint density at radius 2 is 1.73 bits per heavy atom. The maximum absolute atomic E-state index is 13.6. The van der Waals surface area contributed by atoms with E-state index in [9.17, 15) is 14.4 Å². The summed E-state index contributed by atoms with van der Waals surface area (Å²) in [5, 5.41) is 7.35. The maximum atomic E-state index is 13.6. The number of anilines is 1. The molecular weight excluding hydrogens is 466 g/mol. The van der Waals surface area contributed by atoms with Crippen LogP contribution in [0.5, 0.6) is 0 Å². The molecule has 7 nitrogen and oxygen atoms in total. The number of alkyl carbamates (subject to hydrolysis) is 1. The molecule has 3 amide bonds. The van der Waals surface area contributed by atoms with Crippen LogP contribution in [0.1, 0.15) is 44.9 Å². The number of rotatable bonds is 7. The van der Waals surface area contributed by atoms with Crippen molar-refractivity contribution in [2.24, 2.45) is 0 Å². The highest BCUT2D eigenvalue weighted by Crippen LogP contribution is 2.26. The van der Waals surface area contributed by atoms with E-state index in [-0.39, 0.29) is 0 Å². The van der Waals surface area contributed by atoms with Gasteiger partial charge in [0.05, 0.1) is 0 Å². The van der Waals surface area contributed by atoms with Crippen LogP contribution in [-0.4, -0.2) is 34.5 Å². The second kappa shape index (κ2) is 11.4. The number of hydrogen-bond acceptors (Lipinski definition) is 4. The van der Waals surface area contributed by atoms with Gasteiger partial charge in [0.2, 0.25) is 0 Å². The molecule has 0 aliphatic rings. The zero-order valence-electron chi connectivity index (χ0n) is 21.4. The molecule has 0 fully saturated rings. The van der Waals surface area contributed by atoms with E-state index in [1.54, 1.807) is 51.1 Å².